The molecular weight excluding hydrogens is 345 g/mol. The van der Waals surface area contributed by atoms with Crippen LogP contribution in [-0.4, -0.2) is 44.9 Å². The number of halogens is 4. The largest absolute Gasteiger partial charge is 0.369 e. The van der Waals surface area contributed by atoms with E-state index < -0.39 is 23.0 Å². The lowest BCUT2D eigenvalue weighted by Crippen LogP contribution is -2.08. The Morgan fingerprint density at radius 1 is 1.17 bits per heavy atom. The van der Waals surface area contributed by atoms with Crippen LogP contribution in [0.2, 0.25) is 5.15 Å². The molecule has 0 aliphatic carbocycles. The molecule has 0 saturated heterocycles. The summed E-state index contributed by atoms with van der Waals surface area (Å²) in [6.07, 6.45) is 2.60. The van der Waals surface area contributed by atoms with Gasteiger partial charge in [0.2, 0.25) is 0 Å². The summed E-state index contributed by atoms with van der Waals surface area (Å²) in [6.45, 7) is 0. The van der Waals surface area contributed by atoms with E-state index in [4.69, 9.17) is 11.6 Å². The first-order valence-electron chi connectivity index (χ1n) is 6.63. The first-order valence-corrected chi connectivity index (χ1v) is 7.01. The zero-order valence-corrected chi connectivity index (χ0v) is 13.3. The second-order valence-corrected chi connectivity index (χ2v) is 5.38. The number of benzene rings is 1. The Kier molecular flexibility index (Phi) is 4.10. The molecule has 3 aromatic rings. The summed E-state index contributed by atoms with van der Waals surface area (Å²) in [7, 11) is 3.42. The molecule has 0 N–H and O–H groups in total. The minimum atomic E-state index is -1.13. The highest BCUT2D eigenvalue weighted by molar-refractivity contribution is 6.32. The van der Waals surface area contributed by atoms with Crippen molar-refractivity contribution < 1.29 is 13.2 Å². The Bertz CT molecular complexity index is 930. The molecule has 0 aliphatic heterocycles. The standard InChI is InChI=1S/C14H10ClF3N6/c1-23(2)6-20-13-11(10-8(17)3-7(16)4-9(10)18)12(15)22-14-19-5-21-24(13)14/h3-6H,1-2H3. The maximum atomic E-state index is 14.2. The molecule has 0 saturated carbocycles. The van der Waals surface area contributed by atoms with Crippen molar-refractivity contribution in [2.24, 2.45) is 4.99 Å². The molecule has 1 aromatic carbocycles. The fourth-order valence-corrected chi connectivity index (χ4v) is 2.34. The summed E-state index contributed by atoms with van der Waals surface area (Å²) in [5.74, 6) is -3.18. The van der Waals surface area contributed by atoms with Gasteiger partial charge in [0.15, 0.2) is 5.82 Å². The summed E-state index contributed by atoms with van der Waals surface area (Å²) < 4.78 is 42.8. The van der Waals surface area contributed by atoms with Gasteiger partial charge in [-0.3, -0.25) is 0 Å². The van der Waals surface area contributed by atoms with Gasteiger partial charge < -0.3 is 4.90 Å². The Balaban J connectivity index is 2.39. The van der Waals surface area contributed by atoms with Crippen molar-refractivity contribution >= 4 is 29.5 Å². The second-order valence-electron chi connectivity index (χ2n) is 5.03. The van der Waals surface area contributed by atoms with Crippen LogP contribution < -0.4 is 0 Å². The third-order valence-corrected chi connectivity index (χ3v) is 3.30. The molecular formula is C14H10ClF3N6. The number of fused-ring (bicyclic) bond motifs is 1. The van der Waals surface area contributed by atoms with Gasteiger partial charge in [-0.25, -0.2) is 18.2 Å². The topological polar surface area (TPSA) is 58.7 Å². The van der Waals surface area contributed by atoms with Crippen LogP contribution >= 0.6 is 11.6 Å². The fraction of sp³-hybridized carbons (Fsp3) is 0.143. The van der Waals surface area contributed by atoms with Gasteiger partial charge >= 0.3 is 0 Å². The van der Waals surface area contributed by atoms with Crippen molar-refractivity contribution in [3.05, 3.63) is 41.1 Å². The molecule has 0 fully saturated rings. The van der Waals surface area contributed by atoms with E-state index in [1.165, 1.54) is 17.2 Å². The Hall–Kier alpha value is -2.68. The molecule has 3 rings (SSSR count). The molecule has 0 bridgehead atoms. The van der Waals surface area contributed by atoms with Crippen molar-refractivity contribution in [1.29, 1.82) is 0 Å². The Morgan fingerprint density at radius 3 is 2.46 bits per heavy atom. The van der Waals surface area contributed by atoms with Crippen LogP contribution in [0.5, 0.6) is 0 Å². The van der Waals surface area contributed by atoms with E-state index in [1.807, 2.05) is 0 Å². The van der Waals surface area contributed by atoms with Crippen molar-refractivity contribution in [1.82, 2.24) is 24.5 Å². The lowest BCUT2D eigenvalue weighted by atomic mass is 10.1. The molecule has 10 heteroatoms. The predicted octanol–water partition coefficient (Wildman–Crippen LogP) is 3.08. The Morgan fingerprint density at radius 2 is 1.83 bits per heavy atom. The lowest BCUT2D eigenvalue weighted by Gasteiger charge is -2.12. The predicted molar refractivity (Wildman–Crippen MR) is 82.9 cm³/mol. The SMILES string of the molecule is CN(C)C=Nc1c(-c2c(F)cc(F)cc2F)c(Cl)nc2ncnn12. The van der Waals surface area contributed by atoms with Crippen LogP contribution in [0.25, 0.3) is 16.9 Å². The van der Waals surface area contributed by atoms with Crippen LogP contribution in [0.1, 0.15) is 0 Å². The number of rotatable bonds is 3. The van der Waals surface area contributed by atoms with Gasteiger partial charge in [0.1, 0.15) is 28.9 Å². The quantitative estimate of drug-likeness (QED) is 0.412. The number of hydrogen-bond acceptors (Lipinski definition) is 4. The summed E-state index contributed by atoms with van der Waals surface area (Å²) in [6, 6.07) is 1.11. The van der Waals surface area contributed by atoms with Gasteiger partial charge in [0, 0.05) is 26.2 Å². The first kappa shape index (κ1) is 16.2. The minimum absolute atomic E-state index is 0.0145. The average molecular weight is 355 g/mol. The number of aliphatic imine (C=N–C) groups is 1. The highest BCUT2D eigenvalue weighted by Crippen LogP contribution is 2.38. The number of hydrogen-bond donors (Lipinski definition) is 0. The van der Waals surface area contributed by atoms with E-state index in [0.717, 1.165) is 0 Å². The van der Waals surface area contributed by atoms with Gasteiger partial charge in [-0.1, -0.05) is 11.6 Å². The third-order valence-electron chi connectivity index (χ3n) is 3.03. The normalized spacial score (nSPS) is 11.6. The van der Waals surface area contributed by atoms with E-state index in [1.54, 1.807) is 19.0 Å². The monoisotopic (exact) mass is 354 g/mol. The van der Waals surface area contributed by atoms with Crippen molar-refractivity contribution in [2.45, 2.75) is 0 Å². The molecule has 2 aromatic heterocycles. The number of aromatic nitrogens is 4. The fourth-order valence-electron chi connectivity index (χ4n) is 2.09. The molecule has 0 unspecified atom stereocenters. The van der Waals surface area contributed by atoms with Crippen LogP contribution in [0.15, 0.2) is 23.5 Å². The zero-order valence-electron chi connectivity index (χ0n) is 12.5. The van der Waals surface area contributed by atoms with E-state index in [9.17, 15) is 13.2 Å². The van der Waals surface area contributed by atoms with Gasteiger partial charge in [-0.2, -0.15) is 19.6 Å². The second kappa shape index (κ2) is 6.08. The van der Waals surface area contributed by atoms with E-state index in [2.05, 4.69) is 20.1 Å². The van der Waals surface area contributed by atoms with Gasteiger partial charge in [-0.05, 0) is 0 Å². The van der Waals surface area contributed by atoms with Gasteiger partial charge in [0.05, 0.1) is 17.5 Å². The maximum Gasteiger partial charge on any atom is 0.255 e. The van der Waals surface area contributed by atoms with Crippen molar-refractivity contribution in [2.75, 3.05) is 14.1 Å². The van der Waals surface area contributed by atoms with Crippen LogP contribution in [0.3, 0.4) is 0 Å². The van der Waals surface area contributed by atoms with Gasteiger partial charge in [0.25, 0.3) is 5.78 Å². The van der Waals surface area contributed by atoms with Gasteiger partial charge in [-0.15, -0.1) is 0 Å². The lowest BCUT2D eigenvalue weighted by molar-refractivity contribution is 0.548. The Labute approximate surface area is 139 Å². The van der Waals surface area contributed by atoms with E-state index in [0.29, 0.717) is 12.1 Å². The van der Waals surface area contributed by atoms with E-state index in [-0.39, 0.29) is 22.3 Å². The summed E-state index contributed by atoms with van der Waals surface area (Å²) in [5, 5.41) is 3.70. The van der Waals surface area contributed by atoms with Crippen LogP contribution in [0, 0.1) is 17.5 Å². The highest BCUT2D eigenvalue weighted by atomic mass is 35.5. The molecule has 0 aliphatic rings. The maximum absolute atomic E-state index is 14.2. The molecule has 0 amide bonds. The molecule has 0 atom stereocenters. The molecule has 2 heterocycles. The summed E-state index contributed by atoms with van der Waals surface area (Å²) in [5.41, 5.74) is -0.694. The number of nitrogens with zero attached hydrogens (tertiary/aromatic N) is 6. The molecule has 24 heavy (non-hydrogen) atoms. The zero-order chi connectivity index (χ0) is 17.4. The third kappa shape index (κ3) is 2.78. The molecule has 0 radical (unpaired) electrons. The van der Waals surface area contributed by atoms with Crippen molar-refractivity contribution in [3.8, 4) is 11.1 Å². The smallest absolute Gasteiger partial charge is 0.255 e. The van der Waals surface area contributed by atoms with E-state index >= 15 is 0 Å². The molecule has 124 valence electrons. The van der Waals surface area contributed by atoms with Crippen LogP contribution in [0.4, 0.5) is 19.0 Å². The first-order chi connectivity index (χ1) is 11.4. The molecule has 0 spiro atoms. The highest BCUT2D eigenvalue weighted by Gasteiger charge is 2.23. The van der Waals surface area contributed by atoms with Crippen molar-refractivity contribution in [3.63, 3.8) is 0 Å². The molecule has 6 nitrogen and oxygen atoms in total. The average Bonchev–Trinajstić information content (AvgIpc) is 2.93. The summed E-state index contributed by atoms with van der Waals surface area (Å²) >= 11 is 6.09. The minimum Gasteiger partial charge on any atom is -0.369 e. The van der Waals surface area contributed by atoms with Crippen LogP contribution in [-0.2, 0) is 0 Å². The summed E-state index contributed by atoms with van der Waals surface area (Å²) in [4.78, 5) is 13.6.